The van der Waals surface area contributed by atoms with Gasteiger partial charge in [-0.05, 0) is 23.6 Å². The number of ether oxygens (including phenoxy) is 3. The van der Waals surface area contributed by atoms with Gasteiger partial charge in [-0.15, -0.1) is 0 Å². The molecule has 2 aromatic heterocycles. The zero-order valence-electron chi connectivity index (χ0n) is 23.6. The van der Waals surface area contributed by atoms with E-state index in [1.807, 2.05) is 36.9 Å². The molecule has 1 saturated heterocycles. The van der Waals surface area contributed by atoms with Crippen molar-refractivity contribution >= 4 is 17.5 Å². The molecule has 2 N–H and O–H groups in total. The molecule has 1 fully saturated rings. The third kappa shape index (κ3) is 6.23. The quantitative estimate of drug-likeness (QED) is 0.344. The standard InChI is InChI=1S/C28H37N7O5/c1-19(2)21-13-25(33-27(32-21)34-10-8-30-18-34)35-11-9-29-17-28(35,24(36)16-38-3)14-26(37)31-15-20-6-7-22(39-4)23(12-20)40-5/h6-8,10,12-13,18-19,29H,9,11,14-17H2,1-5H3,(H,31,37). The summed E-state index contributed by atoms with van der Waals surface area (Å²) in [4.78, 5) is 42.7. The summed E-state index contributed by atoms with van der Waals surface area (Å²) in [5.74, 6) is 1.82. The lowest BCUT2D eigenvalue weighted by molar-refractivity contribution is -0.133. The van der Waals surface area contributed by atoms with Crippen LogP contribution in [0, 0.1) is 0 Å². The molecule has 1 aliphatic rings. The van der Waals surface area contributed by atoms with Crippen molar-refractivity contribution in [2.45, 2.75) is 38.3 Å². The average Bonchev–Trinajstić information content (AvgIpc) is 3.51. The van der Waals surface area contributed by atoms with Gasteiger partial charge in [-0.25, -0.2) is 9.97 Å². The van der Waals surface area contributed by atoms with E-state index >= 15 is 0 Å². The molecular formula is C28H37N7O5. The first-order valence-electron chi connectivity index (χ1n) is 13.2. The number of anilines is 1. The molecule has 3 aromatic rings. The van der Waals surface area contributed by atoms with E-state index < -0.39 is 5.54 Å². The number of nitrogens with zero attached hydrogens (tertiary/aromatic N) is 5. The van der Waals surface area contributed by atoms with Crippen LogP contribution in [0.15, 0.2) is 43.0 Å². The lowest BCUT2D eigenvalue weighted by atomic mass is 9.85. The molecule has 40 heavy (non-hydrogen) atoms. The Labute approximate surface area is 234 Å². The first kappa shape index (κ1) is 29.0. The number of ketones is 1. The molecule has 0 spiro atoms. The van der Waals surface area contributed by atoms with Gasteiger partial charge in [0.25, 0.3) is 0 Å². The maximum atomic E-state index is 13.7. The lowest BCUT2D eigenvalue weighted by Gasteiger charge is -2.46. The number of piperazine rings is 1. The molecule has 1 aromatic carbocycles. The van der Waals surface area contributed by atoms with Gasteiger partial charge in [0, 0.05) is 51.7 Å². The minimum atomic E-state index is -1.22. The Balaban J connectivity index is 1.66. The second kappa shape index (κ2) is 12.9. The van der Waals surface area contributed by atoms with E-state index in [2.05, 4.69) is 15.6 Å². The number of rotatable bonds is 12. The Morgan fingerprint density at radius 1 is 1.12 bits per heavy atom. The fraction of sp³-hybridized carbons (Fsp3) is 0.464. The molecule has 12 heteroatoms. The van der Waals surface area contributed by atoms with Crippen LogP contribution in [0.25, 0.3) is 5.95 Å². The number of Topliss-reactive ketones (excluding diaryl/α,β-unsaturated/α-hetero) is 1. The van der Waals surface area contributed by atoms with Crippen LogP contribution in [0.5, 0.6) is 11.5 Å². The average molecular weight is 552 g/mol. The summed E-state index contributed by atoms with van der Waals surface area (Å²) < 4.78 is 17.7. The number of hydrogen-bond donors (Lipinski definition) is 2. The monoisotopic (exact) mass is 551 g/mol. The van der Waals surface area contributed by atoms with Gasteiger partial charge < -0.3 is 29.7 Å². The fourth-order valence-corrected chi connectivity index (χ4v) is 4.79. The molecule has 1 unspecified atom stereocenters. The molecule has 0 saturated carbocycles. The SMILES string of the molecule is COCC(=O)C1(CC(=O)NCc2ccc(OC)c(OC)c2)CNCCN1c1cc(C(C)C)nc(-n2ccnc2)n1. The van der Waals surface area contributed by atoms with Gasteiger partial charge in [0.2, 0.25) is 11.9 Å². The molecule has 3 heterocycles. The summed E-state index contributed by atoms with van der Waals surface area (Å²) >= 11 is 0. The summed E-state index contributed by atoms with van der Waals surface area (Å²) in [6, 6.07) is 7.35. The minimum Gasteiger partial charge on any atom is -0.493 e. The zero-order chi connectivity index (χ0) is 28.7. The van der Waals surface area contributed by atoms with E-state index in [9.17, 15) is 9.59 Å². The maximum absolute atomic E-state index is 13.7. The highest BCUT2D eigenvalue weighted by atomic mass is 16.5. The molecule has 0 bridgehead atoms. The zero-order valence-corrected chi connectivity index (χ0v) is 23.6. The number of carbonyl (C=O) groups excluding carboxylic acids is 2. The number of imidazole rings is 1. The molecule has 0 radical (unpaired) electrons. The molecule has 12 nitrogen and oxygen atoms in total. The van der Waals surface area contributed by atoms with Crippen molar-refractivity contribution in [1.29, 1.82) is 0 Å². The number of aromatic nitrogens is 4. The number of carbonyl (C=O) groups is 2. The van der Waals surface area contributed by atoms with Crippen LogP contribution in [-0.2, 0) is 20.9 Å². The second-order valence-electron chi connectivity index (χ2n) is 9.93. The smallest absolute Gasteiger partial charge is 0.237 e. The topological polar surface area (TPSA) is 133 Å². The molecule has 4 rings (SSSR count). The fourth-order valence-electron chi connectivity index (χ4n) is 4.79. The van der Waals surface area contributed by atoms with Crippen LogP contribution >= 0.6 is 0 Å². The highest BCUT2D eigenvalue weighted by Gasteiger charge is 2.47. The minimum absolute atomic E-state index is 0.0864. The van der Waals surface area contributed by atoms with E-state index in [0.717, 1.165) is 11.3 Å². The molecular weight excluding hydrogens is 514 g/mol. The first-order chi connectivity index (χ1) is 19.3. The van der Waals surface area contributed by atoms with Crippen molar-refractivity contribution in [2.75, 3.05) is 52.5 Å². The number of hydrogen-bond acceptors (Lipinski definition) is 10. The predicted octanol–water partition coefficient (Wildman–Crippen LogP) is 1.87. The Hall–Kier alpha value is -4.03. The first-order valence-corrected chi connectivity index (χ1v) is 13.2. The van der Waals surface area contributed by atoms with Crippen LogP contribution in [0.4, 0.5) is 5.82 Å². The maximum Gasteiger partial charge on any atom is 0.237 e. The van der Waals surface area contributed by atoms with E-state index in [0.29, 0.717) is 36.4 Å². The van der Waals surface area contributed by atoms with Crippen LogP contribution in [-0.4, -0.2) is 84.3 Å². The Morgan fingerprint density at radius 2 is 1.93 bits per heavy atom. The third-order valence-corrected chi connectivity index (χ3v) is 6.96. The van der Waals surface area contributed by atoms with Crippen LogP contribution in [0.2, 0.25) is 0 Å². The van der Waals surface area contributed by atoms with Gasteiger partial charge in [-0.3, -0.25) is 14.2 Å². The van der Waals surface area contributed by atoms with Gasteiger partial charge in [-0.1, -0.05) is 19.9 Å². The molecule has 1 atom stereocenters. The van der Waals surface area contributed by atoms with Crippen molar-refractivity contribution in [1.82, 2.24) is 30.2 Å². The van der Waals surface area contributed by atoms with E-state index in [4.69, 9.17) is 24.2 Å². The summed E-state index contributed by atoms with van der Waals surface area (Å²) in [7, 11) is 4.61. The number of amides is 1. The van der Waals surface area contributed by atoms with Gasteiger partial charge in [0.1, 0.15) is 24.3 Å². The van der Waals surface area contributed by atoms with Crippen LogP contribution in [0.1, 0.15) is 37.4 Å². The van der Waals surface area contributed by atoms with Crippen LogP contribution < -0.4 is 25.0 Å². The summed E-state index contributed by atoms with van der Waals surface area (Å²) in [6.07, 6.45) is 4.97. The van der Waals surface area contributed by atoms with Crippen molar-refractivity contribution < 1.29 is 23.8 Å². The molecule has 214 valence electrons. The van der Waals surface area contributed by atoms with Gasteiger partial charge in [0.05, 0.1) is 26.3 Å². The summed E-state index contributed by atoms with van der Waals surface area (Å²) in [5, 5.41) is 6.28. The van der Waals surface area contributed by atoms with Gasteiger partial charge in [0.15, 0.2) is 17.3 Å². The number of benzene rings is 1. The van der Waals surface area contributed by atoms with E-state index in [1.54, 1.807) is 43.6 Å². The number of nitrogens with one attached hydrogen (secondary N) is 2. The molecule has 1 amide bonds. The normalized spacial score (nSPS) is 17.1. The van der Waals surface area contributed by atoms with Crippen molar-refractivity contribution in [3.8, 4) is 17.4 Å². The number of methoxy groups -OCH3 is 3. The van der Waals surface area contributed by atoms with Crippen LogP contribution in [0.3, 0.4) is 0 Å². The van der Waals surface area contributed by atoms with Gasteiger partial charge in [-0.2, -0.15) is 4.98 Å². The van der Waals surface area contributed by atoms with E-state index in [1.165, 1.54) is 7.11 Å². The van der Waals surface area contributed by atoms with Gasteiger partial charge >= 0.3 is 0 Å². The largest absolute Gasteiger partial charge is 0.493 e. The van der Waals surface area contributed by atoms with E-state index in [-0.39, 0.29) is 43.7 Å². The predicted molar refractivity (Wildman–Crippen MR) is 149 cm³/mol. The highest BCUT2D eigenvalue weighted by Crippen LogP contribution is 2.31. The summed E-state index contributed by atoms with van der Waals surface area (Å²) in [6.45, 7) is 5.57. The van der Waals surface area contributed by atoms with Crippen molar-refractivity contribution in [3.63, 3.8) is 0 Å². The second-order valence-corrected chi connectivity index (χ2v) is 9.93. The Bertz CT molecular complexity index is 1310. The lowest BCUT2D eigenvalue weighted by Crippen LogP contribution is -2.68. The van der Waals surface area contributed by atoms with Crippen molar-refractivity contribution in [2.24, 2.45) is 0 Å². The Kier molecular flexibility index (Phi) is 9.33. The molecule has 0 aliphatic carbocycles. The third-order valence-electron chi connectivity index (χ3n) is 6.96. The highest BCUT2D eigenvalue weighted by molar-refractivity contribution is 5.98. The summed E-state index contributed by atoms with van der Waals surface area (Å²) in [5.41, 5.74) is 0.438. The Morgan fingerprint density at radius 3 is 2.60 bits per heavy atom. The van der Waals surface area contributed by atoms with Crippen molar-refractivity contribution in [3.05, 3.63) is 54.2 Å². The molecule has 1 aliphatic heterocycles.